The number of anilines is 1. The molecule has 0 unspecified atom stereocenters. The Bertz CT molecular complexity index is 898. The minimum absolute atomic E-state index is 0.0983. The van der Waals surface area contributed by atoms with E-state index in [1.165, 1.54) is 12.1 Å². The van der Waals surface area contributed by atoms with Crippen molar-refractivity contribution in [2.75, 3.05) is 11.9 Å². The number of halogens is 3. The summed E-state index contributed by atoms with van der Waals surface area (Å²) in [5.41, 5.74) is 0.548. The van der Waals surface area contributed by atoms with Crippen molar-refractivity contribution in [3.63, 3.8) is 0 Å². The van der Waals surface area contributed by atoms with E-state index in [0.717, 1.165) is 36.5 Å². The minimum Gasteiger partial charge on any atom is -0.493 e. The number of carbonyl (C=O) groups is 1. The molecule has 3 nitrogen and oxygen atoms in total. The summed E-state index contributed by atoms with van der Waals surface area (Å²) in [6, 6.07) is 11.6. The van der Waals surface area contributed by atoms with Gasteiger partial charge in [0.05, 0.1) is 17.6 Å². The van der Waals surface area contributed by atoms with Crippen molar-refractivity contribution in [2.24, 2.45) is 5.92 Å². The minimum atomic E-state index is -4.58. The lowest BCUT2D eigenvalue weighted by atomic mass is 9.68. The van der Waals surface area contributed by atoms with E-state index in [4.69, 9.17) is 4.74 Å². The molecule has 1 aliphatic rings. The van der Waals surface area contributed by atoms with E-state index in [0.29, 0.717) is 12.8 Å². The summed E-state index contributed by atoms with van der Waals surface area (Å²) in [5.74, 6) is -0.369. The number of alkyl halides is 3. The molecule has 6 heteroatoms. The quantitative estimate of drug-likeness (QED) is 0.539. The van der Waals surface area contributed by atoms with Gasteiger partial charge in [0.2, 0.25) is 5.91 Å². The van der Waals surface area contributed by atoms with Gasteiger partial charge in [-0.15, -0.1) is 0 Å². The third kappa shape index (κ3) is 5.41. The molecule has 2 aromatic rings. The van der Waals surface area contributed by atoms with Crippen LogP contribution in [0.15, 0.2) is 42.5 Å². The summed E-state index contributed by atoms with van der Waals surface area (Å²) in [4.78, 5) is 13.4. The zero-order valence-corrected chi connectivity index (χ0v) is 18.3. The number of nitrogens with one attached hydrogen (secondary N) is 1. The predicted octanol–water partition coefficient (Wildman–Crippen LogP) is 6.89. The average molecular weight is 434 g/mol. The molecule has 1 amide bonds. The number of hydrogen-bond donors (Lipinski definition) is 1. The highest BCUT2D eigenvalue weighted by Gasteiger charge is 2.41. The van der Waals surface area contributed by atoms with E-state index >= 15 is 0 Å². The Morgan fingerprint density at radius 3 is 2.29 bits per heavy atom. The standard InChI is InChI=1S/C25H30F3NO2/c1-17(2)16-31-22-12-11-20(15-21(22)25(26,27)28)29-23(30)24(13-5-4-6-14-24)19-9-7-18(3)8-10-19/h7-12,15,17H,4-6,13-14,16H2,1-3H3,(H,29,30). The number of aryl methyl sites for hydroxylation is 1. The Morgan fingerprint density at radius 1 is 1.06 bits per heavy atom. The van der Waals surface area contributed by atoms with Crippen LogP contribution in [0.1, 0.15) is 62.6 Å². The second kappa shape index (κ2) is 9.33. The molecule has 1 aliphatic carbocycles. The molecule has 1 saturated carbocycles. The summed E-state index contributed by atoms with van der Waals surface area (Å²) in [6.07, 6.45) is -0.325. The zero-order chi connectivity index (χ0) is 22.6. The van der Waals surface area contributed by atoms with Gasteiger partial charge < -0.3 is 10.1 Å². The van der Waals surface area contributed by atoms with Crippen LogP contribution >= 0.6 is 0 Å². The third-order valence-corrected chi connectivity index (χ3v) is 5.86. The number of benzene rings is 2. The summed E-state index contributed by atoms with van der Waals surface area (Å²) >= 11 is 0. The van der Waals surface area contributed by atoms with Crippen LogP contribution in [0.2, 0.25) is 0 Å². The molecule has 1 fully saturated rings. The predicted molar refractivity (Wildman–Crippen MR) is 116 cm³/mol. The van der Waals surface area contributed by atoms with Gasteiger partial charge in [0.15, 0.2) is 0 Å². The Kier molecular flexibility index (Phi) is 6.97. The van der Waals surface area contributed by atoms with Crippen LogP contribution in [0.4, 0.5) is 18.9 Å². The second-order valence-corrected chi connectivity index (χ2v) is 8.88. The number of amides is 1. The van der Waals surface area contributed by atoms with Crippen LogP contribution in [0.25, 0.3) is 0 Å². The second-order valence-electron chi connectivity index (χ2n) is 8.88. The lowest BCUT2D eigenvalue weighted by molar-refractivity contribution is -0.139. The van der Waals surface area contributed by atoms with E-state index in [9.17, 15) is 18.0 Å². The van der Waals surface area contributed by atoms with Crippen LogP contribution in [0, 0.1) is 12.8 Å². The van der Waals surface area contributed by atoms with Crippen LogP contribution in [-0.2, 0) is 16.4 Å². The van der Waals surface area contributed by atoms with Crippen LogP contribution in [0.5, 0.6) is 5.75 Å². The molecule has 0 aromatic heterocycles. The molecule has 1 N–H and O–H groups in total. The van der Waals surface area contributed by atoms with Crippen molar-refractivity contribution in [3.05, 3.63) is 59.2 Å². The fourth-order valence-corrected chi connectivity index (χ4v) is 4.14. The molecule has 0 heterocycles. The molecular weight excluding hydrogens is 403 g/mol. The zero-order valence-electron chi connectivity index (χ0n) is 18.3. The summed E-state index contributed by atoms with van der Waals surface area (Å²) < 4.78 is 46.3. The molecule has 168 valence electrons. The number of ether oxygens (including phenoxy) is 1. The van der Waals surface area contributed by atoms with Gasteiger partial charge in [0.1, 0.15) is 5.75 Å². The van der Waals surface area contributed by atoms with Crippen molar-refractivity contribution >= 4 is 11.6 Å². The summed E-state index contributed by atoms with van der Waals surface area (Å²) in [7, 11) is 0. The molecule has 0 spiro atoms. The van der Waals surface area contributed by atoms with E-state index < -0.39 is 17.2 Å². The maximum absolute atomic E-state index is 13.6. The molecule has 3 rings (SSSR count). The molecule has 2 aromatic carbocycles. The Balaban J connectivity index is 1.90. The summed E-state index contributed by atoms with van der Waals surface area (Å²) in [5, 5.41) is 2.78. The highest BCUT2D eigenvalue weighted by Crippen LogP contribution is 2.42. The van der Waals surface area contributed by atoms with E-state index in [2.05, 4.69) is 5.32 Å². The SMILES string of the molecule is Cc1ccc(C2(C(=O)Nc3ccc(OCC(C)C)c(C(F)(F)F)c3)CCCCC2)cc1. The van der Waals surface area contributed by atoms with Gasteiger partial charge >= 0.3 is 6.18 Å². The van der Waals surface area contributed by atoms with Gasteiger partial charge in [-0.05, 0) is 49.4 Å². The highest BCUT2D eigenvalue weighted by molar-refractivity contribution is 5.99. The van der Waals surface area contributed by atoms with Gasteiger partial charge in [-0.1, -0.05) is 62.9 Å². The fourth-order valence-electron chi connectivity index (χ4n) is 4.14. The molecule has 0 radical (unpaired) electrons. The van der Waals surface area contributed by atoms with Gasteiger partial charge in [-0.2, -0.15) is 13.2 Å². The number of hydrogen-bond acceptors (Lipinski definition) is 2. The first-order valence-electron chi connectivity index (χ1n) is 10.8. The highest BCUT2D eigenvalue weighted by atomic mass is 19.4. The van der Waals surface area contributed by atoms with E-state index in [1.54, 1.807) is 0 Å². The Morgan fingerprint density at radius 2 is 1.71 bits per heavy atom. The maximum Gasteiger partial charge on any atom is 0.420 e. The van der Waals surface area contributed by atoms with Crippen molar-refractivity contribution in [3.8, 4) is 5.75 Å². The molecule has 0 saturated heterocycles. The normalized spacial score (nSPS) is 16.2. The lowest BCUT2D eigenvalue weighted by Gasteiger charge is -2.36. The topological polar surface area (TPSA) is 38.3 Å². The molecule has 0 aliphatic heterocycles. The van der Waals surface area contributed by atoms with Crippen molar-refractivity contribution < 1.29 is 22.7 Å². The Labute approximate surface area is 182 Å². The first-order chi connectivity index (χ1) is 14.6. The van der Waals surface area contributed by atoms with Crippen molar-refractivity contribution in [1.29, 1.82) is 0 Å². The molecular formula is C25H30F3NO2. The van der Waals surface area contributed by atoms with Crippen LogP contribution in [0.3, 0.4) is 0 Å². The molecule has 31 heavy (non-hydrogen) atoms. The largest absolute Gasteiger partial charge is 0.493 e. The fraction of sp³-hybridized carbons (Fsp3) is 0.480. The first-order valence-corrected chi connectivity index (χ1v) is 10.8. The van der Waals surface area contributed by atoms with Gasteiger partial charge in [0.25, 0.3) is 0 Å². The first kappa shape index (κ1) is 23.2. The smallest absolute Gasteiger partial charge is 0.420 e. The molecule has 0 bridgehead atoms. The van der Waals surface area contributed by atoms with Crippen LogP contribution < -0.4 is 10.1 Å². The van der Waals surface area contributed by atoms with E-state index in [1.807, 2.05) is 45.0 Å². The van der Waals surface area contributed by atoms with Gasteiger partial charge in [0, 0.05) is 5.69 Å². The maximum atomic E-state index is 13.6. The van der Waals surface area contributed by atoms with Gasteiger partial charge in [-0.3, -0.25) is 4.79 Å². The van der Waals surface area contributed by atoms with E-state index in [-0.39, 0.29) is 29.9 Å². The lowest BCUT2D eigenvalue weighted by Crippen LogP contribution is -2.42. The number of rotatable bonds is 6. The van der Waals surface area contributed by atoms with Gasteiger partial charge in [-0.25, -0.2) is 0 Å². The average Bonchev–Trinajstić information content (AvgIpc) is 2.73. The Hall–Kier alpha value is -2.50. The monoisotopic (exact) mass is 433 g/mol. The summed E-state index contributed by atoms with van der Waals surface area (Å²) in [6.45, 7) is 5.91. The molecule has 0 atom stereocenters. The van der Waals surface area contributed by atoms with Crippen molar-refractivity contribution in [1.82, 2.24) is 0 Å². The van der Waals surface area contributed by atoms with Crippen LogP contribution in [-0.4, -0.2) is 12.5 Å². The number of carbonyl (C=O) groups excluding carboxylic acids is 1. The third-order valence-electron chi connectivity index (χ3n) is 5.86. The van der Waals surface area contributed by atoms with Crippen molar-refractivity contribution in [2.45, 2.75) is 64.5 Å².